The number of hydrogen-bond acceptors (Lipinski definition) is 5. The van der Waals surface area contributed by atoms with E-state index in [2.05, 4.69) is 16.0 Å². The third kappa shape index (κ3) is 8.60. The van der Waals surface area contributed by atoms with Gasteiger partial charge in [-0.2, -0.15) is 0 Å². The maximum absolute atomic E-state index is 12.8. The standard InChI is InChI=1S/C22H31N5O3/c23-18(13-16-5-2-1-3-6-16)14-26-20(7-4-12-25-22(24)30)21(29)27-19-10-8-17(15-28)9-11-19/h1-3,5-6,8-11,18,20,26,28H,4,7,12-15,23H2,(H,27,29)(H3,24,25,30)/t18-,20-/m0/s1. The van der Waals surface area contributed by atoms with Crippen LogP contribution in [0.15, 0.2) is 54.6 Å². The van der Waals surface area contributed by atoms with Gasteiger partial charge in [0.25, 0.3) is 0 Å². The summed E-state index contributed by atoms with van der Waals surface area (Å²) in [6, 6.07) is 15.7. The lowest BCUT2D eigenvalue weighted by atomic mass is 10.1. The summed E-state index contributed by atoms with van der Waals surface area (Å²) in [4.78, 5) is 23.6. The van der Waals surface area contributed by atoms with Gasteiger partial charge in [0.05, 0.1) is 12.6 Å². The van der Waals surface area contributed by atoms with E-state index in [1.54, 1.807) is 24.3 Å². The van der Waals surface area contributed by atoms with Crippen molar-refractivity contribution in [2.24, 2.45) is 11.5 Å². The highest BCUT2D eigenvalue weighted by molar-refractivity contribution is 5.94. The quantitative estimate of drug-likeness (QED) is 0.289. The van der Waals surface area contributed by atoms with Crippen LogP contribution in [-0.4, -0.2) is 42.2 Å². The van der Waals surface area contributed by atoms with E-state index in [9.17, 15) is 9.59 Å². The van der Waals surface area contributed by atoms with E-state index in [-0.39, 0.29) is 18.6 Å². The van der Waals surface area contributed by atoms with Crippen molar-refractivity contribution < 1.29 is 14.7 Å². The molecule has 0 aromatic heterocycles. The summed E-state index contributed by atoms with van der Waals surface area (Å²) >= 11 is 0. The Morgan fingerprint density at radius 2 is 1.70 bits per heavy atom. The number of urea groups is 1. The number of aliphatic hydroxyl groups is 1. The number of anilines is 1. The Hall–Kier alpha value is -2.94. The van der Waals surface area contributed by atoms with Crippen molar-refractivity contribution in [3.63, 3.8) is 0 Å². The number of rotatable bonds is 12. The molecule has 162 valence electrons. The van der Waals surface area contributed by atoms with Crippen molar-refractivity contribution in [3.05, 3.63) is 65.7 Å². The molecule has 0 spiro atoms. The Bertz CT molecular complexity index is 783. The lowest BCUT2D eigenvalue weighted by Crippen LogP contribution is -2.46. The second-order valence-corrected chi connectivity index (χ2v) is 7.19. The van der Waals surface area contributed by atoms with E-state index in [1.807, 2.05) is 30.3 Å². The Labute approximate surface area is 177 Å². The van der Waals surface area contributed by atoms with E-state index in [0.717, 1.165) is 11.1 Å². The zero-order chi connectivity index (χ0) is 21.8. The maximum Gasteiger partial charge on any atom is 0.312 e. The molecule has 0 aliphatic carbocycles. The molecular formula is C22H31N5O3. The minimum Gasteiger partial charge on any atom is -0.392 e. The normalized spacial score (nSPS) is 12.7. The van der Waals surface area contributed by atoms with Crippen LogP contribution < -0.4 is 27.4 Å². The van der Waals surface area contributed by atoms with Gasteiger partial charge in [0, 0.05) is 24.8 Å². The number of nitrogens with two attached hydrogens (primary N) is 2. The Balaban J connectivity index is 1.91. The number of nitrogens with one attached hydrogen (secondary N) is 3. The topological polar surface area (TPSA) is 142 Å². The zero-order valence-electron chi connectivity index (χ0n) is 17.0. The van der Waals surface area contributed by atoms with Gasteiger partial charge in [-0.3, -0.25) is 4.79 Å². The summed E-state index contributed by atoms with van der Waals surface area (Å²) in [7, 11) is 0. The minimum atomic E-state index is -0.585. The molecule has 30 heavy (non-hydrogen) atoms. The largest absolute Gasteiger partial charge is 0.392 e. The van der Waals surface area contributed by atoms with E-state index in [0.29, 0.717) is 38.0 Å². The molecule has 2 aromatic rings. The van der Waals surface area contributed by atoms with Crippen molar-refractivity contribution in [1.82, 2.24) is 10.6 Å². The molecule has 0 saturated heterocycles. The fraction of sp³-hybridized carbons (Fsp3) is 0.364. The number of primary amides is 1. The van der Waals surface area contributed by atoms with Crippen LogP contribution in [0.2, 0.25) is 0 Å². The first-order chi connectivity index (χ1) is 14.5. The van der Waals surface area contributed by atoms with Crippen molar-refractivity contribution >= 4 is 17.6 Å². The molecule has 0 heterocycles. The highest BCUT2D eigenvalue weighted by Gasteiger charge is 2.19. The van der Waals surface area contributed by atoms with Crippen LogP contribution in [0.1, 0.15) is 24.0 Å². The molecule has 0 aliphatic rings. The van der Waals surface area contributed by atoms with Gasteiger partial charge < -0.3 is 32.5 Å². The van der Waals surface area contributed by atoms with Crippen LogP contribution in [0, 0.1) is 0 Å². The van der Waals surface area contributed by atoms with Gasteiger partial charge in [-0.25, -0.2) is 4.79 Å². The molecule has 8 heteroatoms. The van der Waals surface area contributed by atoms with Crippen LogP contribution in [0.25, 0.3) is 0 Å². The summed E-state index contributed by atoms with van der Waals surface area (Å²) in [5.41, 5.74) is 13.9. The van der Waals surface area contributed by atoms with E-state index >= 15 is 0 Å². The van der Waals surface area contributed by atoms with Gasteiger partial charge in [0.2, 0.25) is 5.91 Å². The van der Waals surface area contributed by atoms with Crippen LogP contribution in [-0.2, 0) is 17.8 Å². The molecule has 2 atom stereocenters. The van der Waals surface area contributed by atoms with Crippen LogP contribution in [0.5, 0.6) is 0 Å². The molecule has 2 aromatic carbocycles. The Morgan fingerprint density at radius 3 is 2.33 bits per heavy atom. The Morgan fingerprint density at radius 1 is 1.00 bits per heavy atom. The average Bonchev–Trinajstić information content (AvgIpc) is 2.74. The summed E-state index contributed by atoms with van der Waals surface area (Å²) in [5, 5.41) is 17.8. The van der Waals surface area contributed by atoms with E-state index in [4.69, 9.17) is 16.6 Å². The summed E-state index contributed by atoms with van der Waals surface area (Å²) in [6.07, 6.45) is 1.80. The smallest absolute Gasteiger partial charge is 0.312 e. The van der Waals surface area contributed by atoms with Crippen molar-refractivity contribution in [3.8, 4) is 0 Å². The Kier molecular flexibility index (Phi) is 9.79. The van der Waals surface area contributed by atoms with Gasteiger partial charge in [-0.15, -0.1) is 0 Å². The first kappa shape index (κ1) is 23.3. The summed E-state index contributed by atoms with van der Waals surface area (Å²) in [5.74, 6) is -0.183. The number of amides is 3. The van der Waals surface area contributed by atoms with Crippen LogP contribution in [0.4, 0.5) is 10.5 Å². The molecule has 0 unspecified atom stereocenters. The second-order valence-electron chi connectivity index (χ2n) is 7.19. The van der Waals surface area contributed by atoms with Gasteiger partial charge in [-0.1, -0.05) is 42.5 Å². The molecule has 0 radical (unpaired) electrons. The fourth-order valence-corrected chi connectivity index (χ4v) is 3.05. The van der Waals surface area contributed by atoms with Gasteiger partial charge in [0.15, 0.2) is 0 Å². The lowest BCUT2D eigenvalue weighted by Gasteiger charge is -2.21. The molecule has 8 nitrogen and oxygen atoms in total. The second kappa shape index (κ2) is 12.6. The highest BCUT2D eigenvalue weighted by atomic mass is 16.3. The van der Waals surface area contributed by atoms with Crippen molar-refractivity contribution in [2.45, 2.75) is 38.0 Å². The molecule has 0 fully saturated rings. The number of aliphatic hydroxyl groups excluding tert-OH is 1. The minimum absolute atomic E-state index is 0.0510. The average molecular weight is 414 g/mol. The summed E-state index contributed by atoms with van der Waals surface area (Å²) in [6.45, 7) is 0.812. The molecule has 3 amide bonds. The highest BCUT2D eigenvalue weighted by Crippen LogP contribution is 2.11. The predicted molar refractivity (Wildman–Crippen MR) is 118 cm³/mol. The molecular weight excluding hydrogens is 382 g/mol. The van der Waals surface area contributed by atoms with E-state index < -0.39 is 12.1 Å². The van der Waals surface area contributed by atoms with Gasteiger partial charge in [-0.05, 0) is 42.5 Å². The van der Waals surface area contributed by atoms with E-state index in [1.165, 1.54) is 0 Å². The summed E-state index contributed by atoms with van der Waals surface area (Å²) < 4.78 is 0. The monoisotopic (exact) mass is 413 g/mol. The number of benzene rings is 2. The van der Waals surface area contributed by atoms with Gasteiger partial charge >= 0.3 is 6.03 Å². The zero-order valence-corrected chi connectivity index (χ0v) is 17.0. The molecule has 8 N–H and O–H groups in total. The molecule has 0 aliphatic heterocycles. The SMILES string of the molecule is NC(=O)NCCC[C@H](NC[C@@H](N)Cc1ccccc1)C(=O)Nc1ccc(CO)cc1. The first-order valence-electron chi connectivity index (χ1n) is 10.0. The molecule has 0 saturated carbocycles. The number of carbonyl (C=O) groups excluding carboxylic acids is 2. The van der Waals surface area contributed by atoms with Gasteiger partial charge in [0.1, 0.15) is 0 Å². The predicted octanol–water partition coefficient (Wildman–Crippen LogP) is 1.09. The third-order valence-corrected chi connectivity index (χ3v) is 4.66. The number of hydrogen-bond donors (Lipinski definition) is 6. The van der Waals surface area contributed by atoms with Crippen LogP contribution in [0.3, 0.4) is 0 Å². The van der Waals surface area contributed by atoms with Crippen LogP contribution >= 0.6 is 0 Å². The third-order valence-electron chi connectivity index (χ3n) is 4.66. The fourth-order valence-electron chi connectivity index (χ4n) is 3.05. The molecule has 0 bridgehead atoms. The first-order valence-corrected chi connectivity index (χ1v) is 10.0. The molecule has 2 rings (SSSR count). The van der Waals surface area contributed by atoms with Crippen molar-refractivity contribution in [2.75, 3.05) is 18.4 Å². The lowest BCUT2D eigenvalue weighted by molar-refractivity contribution is -0.118. The number of carbonyl (C=O) groups is 2. The maximum atomic E-state index is 12.8. The van der Waals surface area contributed by atoms with Crippen molar-refractivity contribution in [1.29, 1.82) is 0 Å².